The number of likely N-dealkylation sites (tertiary alicyclic amines) is 1. The molecule has 1 saturated heterocycles. The lowest BCUT2D eigenvalue weighted by atomic mass is 9.93. The van der Waals surface area contributed by atoms with Crippen molar-refractivity contribution in [1.29, 1.82) is 0 Å². The Morgan fingerprint density at radius 2 is 1.73 bits per heavy atom. The molecule has 7 rings (SSSR count). The summed E-state index contributed by atoms with van der Waals surface area (Å²) in [5.41, 5.74) is 2.77. The number of amides is 1. The zero-order valence-corrected chi connectivity index (χ0v) is 24.8. The molecule has 1 N–H and O–H groups in total. The number of fused-ring (bicyclic) bond motifs is 1. The van der Waals surface area contributed by atoms with E-state index in [0.717, 1.165) is 42.6 Å². The third-order valence-electron chi connectivity index (χ3n) is 9.32. The number of nitrogens with one attached hydrogen (secondary N) is 1. The molecule has 1 amide bonds. The molecule has 228 valence electrons. The first-order valence-electron chi connectivity index (χ1n) is 15.1. The minimum atomic E-state index is -4.59. The highest BCUT2D eigenvalue weighted by Gasteiger charge is 2.45. The van der Waals surface area contributed by atoms with Gasteiger partial charge in [0.25, 0.3) is 5.91 Å². The summed E-state index contributed by atoms with van der Waals surface area (Å²) in [6, 6.07) is 14.2. The van der Waals surface area contributed by atoms with Crippen molar-refractivity contribution in [1.82, 2.24) is 24.6 Å². The van der Waals surface area contributed by atoms with Crippen LogP contribution in [0.5, 0.6) is 0 Å². The Morgan fingerprint density at radius 3 is 2.39 bits per heavy atom. The highest BCUT2D eigenvalue weighted by atomic mass is 19.4. The Balaban J connectivity index is 1.25. The molecule has 1 aliphatic carbocycles. The van der Waals surface area contributed by atoms with Crippen LogP contribution < -0.4 is 10.2 Å². The number of benzene rings is 2. The Labute approximate surface area is 253 Å². The van der Waals surface area contributed by atoms with Crippen molar-refractivity contribution in [2.75, 3.05) is 29.9 Å². The van der Waals surface area contributed by atoms with Gasteiger partial charge in [0.05, 0.1) is 12.1 Å². The van der Waals surface area contributed by atoms with Crippen LogP contribution in [0.3, 0.4) is 0 Å². The number of alkyl halides is 3. The molecule has 2 aromatic heterocycles. The van der Waals surface area contributed by atoms with Gasteiger partial charge < -0.3 is 9.88 Å². The molecule has 1 saturated carbocycles. The van der Waals surface area contributed by atoms with Gasteiger partial charge in [0, 0.05) is 31.3 Å². The van der Waals surface area contributed by atoms with Crippen LogP contribution in [-0.2, 0) is 26.3 Å². The fourth-order valence-corrected chi connectivity index (χ4v) is 6.66. The Hall–Kier alpha value is -4.25. The molecular formula is C33H34F3N7O. The summed E-state index contributed by atoms with van der Waals surface area (Å²) in [6.45, 7) is 4.45. The number of aromatic nitrogens is 4. The van der Waals surface area contributed by atoms with E-state index < -0.39 is 17.6 Å². The number of piperidine rings is 1. The third kappa shape index (κ3) is 5.23. The van der Waals surface area contributed by atoms with E-state index in [0.29, 0.717) is 35.7 Å². The molecule has 2 fully saturated rings. The second-order valence-electron chi connectivity index (χ2n) is 12.3. The molecule has 2 aliphatic heterocycles. The number of carbonyl (C=O) groups excluding carboxylic acids is 1. The van der Waals surface area contributed by atoms with Crippen molar-refractivity contribution in [3.05, 3.63) is 77.1 Å². The van der Waals surface area contributed by atoms with Crippen molar-refractivity contribution in [2.24, 2.45) is 12.5 Å². The molecule has 4 aromatic rings. The van der Waals surface area contributed by atoms with E-state index in [9.17, 15) is 18.0 Å². The molecule has 4 heterocycles. The summed E-state index contributed by atoms with van der Waals surface area (Å²) < 4.78 is 45.2. The number of anilines is 2. The number of hydrogen-bond donors (Lipinski definition) is 1. The summed E-state index contributed by atoms with van der Waals surface area (Å²) in [4.78, 5) is 22.1. The smallest absolute Gasteiger partial charge is 0.370 e. The van der Waals surface area contributed by atoms with Crippen LogP contribution in [0.2, 0.25) is 0 Å². The Bertz CT molecular complexity index is 1730. The largest absolute Gasteiger partial charge is 0.416 e. The number of pyridine rings is 1. The van der Waals surface area contributed by atoms with Crippen LogP contribution in [0.1, 0.15) is 59.7 Å². The van der Waals surface area contributed by atoms with Crippen LogP contribution in [0.15, 0.2) is 54.9 Å². The number of nitrogens with zero attached hydrogens (tertiary/aromatic N) is 6. The molecule has 0 bridgehead atoms. The molecule has 2 aromatic carbocycles. The maximum Gasteiger partial charge on any atom is 0.416 e. The summed E-state index contributed by atoms with van der Waals surface area (Å²) in [5, 5.41) is 11.5. The highest BCUT2D eigenvalue weighted by molar-refractivity contribution is 6.10. The first kappa shape index (κ1) is 28.5. The van der Waals surface area contributed by atoms with Crippen molar-refractivity contribution < 1.29 is 18.0 Å². The lowest BCUT2D eigenvalue weighted by Crippen LogP contribution is -2.34. The van der Waals surface area contributed by atoms with Gasteiger partial charge in [-0.3, -0.25) is 14.6 Å². The van der Waals surface area contributed by atoms with Gasteiger partial charge >= 0.3 is 6.18 Å². The molecule has 0 radical (unpaired) electrons. The van der Waals surface area contributed by atoms with Gasteiger partial charge in [-0.1, -0.05) is 24.3 Å². The average molecular weight is 602 g/mol. The molecule has 44 heavy (non-hydrogen) atoms. The van der Waals surface area contributed by atoms with Crippen molar-refractivity contribution in [2.45, 2.75) is 51.9 Å². The zero-order valence-electron chi connectivity index (χ0n) is 24.8. The number of halogens is 3. The summed E-state index contributed by atoms with van der Waals surface area (Å²) in [5.74, 6) is 0.994. The Kier molecular flexibility index (Phi) is 6.95. The maximum absolute atomic E-state index is 14.4. The highest BCUT2D eigenvalue weighted by Crippen LogP contribution is 2.53. The number of aryl methyl sites for hydroxylation is 1. The number of carbonyl (C=O) groups is 1. The number of hydrogen-bond acceptors (Lipinski definition) is 6. The van der Waals surface area contributed by atoms with Crippen LogP contribution in [0.25, 0.3) is 22.5 Å². The standard InChI is InChI=1S/C33H34F3N7O/c1-3-37-28-16-22(23-6-4-5-7-24(23)30-40-38-20-41(30)2)17-29(39-28)43-19-26-25(31(43)44)14-21(15-27(26)33(34,35)36)18-42-12-10-32(8-9-32)11-13-42/h4-7,14-17,20H,3,8-13,18-19H2,1-2H3,(H,37,39). The fraction of sp³-hybridized carbons (Fsp3) is 0.394. The van der Waals surface area contributed by atoms with Crippen LogP contribution in [0, 0.1) is 5.41 Å². The minimum Gasteiger partial charge on any atom is -0.370 e. The van der Waals surface area contributed by atoms with E-state index in [4.69, 9.17) is 0 Å². The average Bonchev–Trinajstić information content (AvgIpc) is 3.48. The van der Waals surface area contributed by atoms with Gasteiger partial charge in [-0.05, 0) is 97.6 Å². The van der Waals surface area contributed by atoms with Crippen LogP contribution in [-0.4, -0.2) is 50.2 Å². The SMILES string of the molecule is CCNc1cc(-c2ccccc2-c2nncn2C)cc(N2Cc3c(cc(CN4CCC5(CC4)CC5)cc3C(F)(F)F)C2=O)n1. The maximum atomic E-state index is 14.4. The lowest BCUT2D eigenvalue weighted by molar-refractivity contribution is -0.138. The summed E-state index contributed by atoms with van der Waals surface area (Å²) in [6.07, 6.45) is 1.74. The molecular weight excluding hydrogens is 567 g/mol. The first-order chi connectivity index (χ1) is 21.1. The molecule has 0 atom stereocenters. The van der Waals surface area contributed by atoms with Gasteiger partial charge in [0.2, 0.25) is 0 Å². The van der Waals surface area contributed by atoms with E-state index in [1.165, 1.54) is 23.8 Å². The predicted octanol–water partition coefficient (Wildman–Crippen LogP) is 6.53. The van der Waals surface area contributed by atoms with Crippen molar-refractivity contribution in [3.63, 3.8) is 0 Å². The van der Waals surface area contributed by atoms with E-state index in [1.54, 1.807) is 18.5 Å². The van der Waals surface area contributed by atoms with Gasteiger partial charge in [0.15, 0.2) is 5.82 Å². The molecule has 3 aliphatic rings. The van der Waals surface area contributed by atoms with Crippen molar-refractivity contribution >= 4 is 17.5 Å². The predicted molar refractivity (Wildman–Crippen MR) is 162 cm³/mol. The van der Waals surface area contributed by atoms with E-state index in [-0.39, 0.29) is 23.5 Å². The second-order valence-corrected chi connectivity index (χ2v) is 12.3. The van der Waals surface area contributed by atoms with Crippen molar-refractivity contribution in [3.8, 4) is 22.5 Å². The van der Waals surface area contributed by atoms with E-state index in [1.807, 2.05) is 48.9 Å². The zero-order chi connectivity index (χ0) is 30.6. The second kappa shape index (κ2) is 10.7. The number of rotatable bonds is 7. The van der Waals surface area contributed by atoms with Gasteiger partial charge in [0.1, 0.15) is 18.0 Å². The normalized spacial score (nSPS) is 17.8. The topological polar surface area (TPSA) is 79.2 Å². The fourth-order valence-electron chi connectivity index (χ4n) is 6.66. The monoisotopic (exact) mass is 601 g/mol. The van der Waals surface area contributed by atoms with Gasteiger partial charge in [-0.2, -0.15) is 13.2 Å². The minimum absolute atomic E-state index is 0.00137. The van der Waals surface area contributed by atoms with Crippen LogP contribution >= 0.6 is 0 Å². The molecule has 1 spiro atoms. The lowest BCUT2D eigenvalue weighted by Gasteiger charge is -2.32. The molecule has 11 heteroatoms. The van der Waals surface area contributed by atoms with Gasteiger partial charge in [-0.15, -0.1) is 10.2 Å². The molecule has 0 unspecified atom stereocenters. The van der Waals surface area contributed by atoms with Gasteiger partial charge in [-0.25, -0.2) is 4.98 Å². The quantitative estimate of drug-likeness (QED) is 0.260. The van der Waals surface area contributed by atoms with Crippen LogP contribution in [0.4, 0.5) is 24.8 Å². The summed E-state index contributed by atoms with van der Waals surface area (Å²) >= 11 is 0. The Morgan fingerprint density at radius 1 is 0.977 bits per heavy atom. The third-order valence-corrected chi connectivity index (χ3v) is 9.32. The van der Waals surface area contributed by atoms with E-state index in [2.05, 4.69) is 25.4 Å². The molecule has 8 nitrogen and oxygen atoms in total. The first-order valence-corrected chi connectivity index (χ1v) is 15.1. The summed E-state index contributed by atoms with van der Waals surface area (Å²) in [7, 11) is 1.86. The van der Waals surface area contributed by atoms with E-state index >= 15 is 0 Å².